The van der Waals surface area contributed by atoms with Gasteiger partial charge in [0.05, 0.1) is 0 Å². The molecule has 0 saturated carbocycles. The summed E-state index contributed by atoms with van der Waals surface area (Å²) in [6.45, 7) is 4.05. The van der Waals surface area contributed by atoms with Crippen LogP contribution in [0.1, 0.15) is 47.8 Å². The van der Waals surface area contributed by atoms with Crippen LogP contribution in [0.4, 0.5) is 0 Å². The summed E-state index contributed by atoms with van der Waals surface area (Å²) < 4.78 is 0. The van der Waals surface area contributed by atoms with Gasteiger partial charge in [-0.2, -0.15) is 0 Å². The Morgan fingerprint density at radius 1 is 1.10 bits per heavy atom. The summed E-state index contributed by atoms with van der Waals surface area (Å²) in [5, 5.41) is 0. The highest BCUT2D eigenvalue weighted by atomic mass is 16.1. The molecule has 2 atom stereocenters. The number of ketones is 1. The lowest BCUT2D eigenvalue weighted by Gasteiger charge is -2.19. The van der Waals surface area contributed by atoms with Crippen LogP contribution in [0.2, 0.25) is 0 Å². The Balaban J connectivity index is 2.17. The zero-order valence-corrected chi connectivity index (χ0v) is 12.8. The van der Waals surface area contributed by atoms with Gasteiger partial charge in [0.15, 0.2) is 5.78 Å². The lowest BCUT2D eigenvalue weighted by atomic mass is 9.88. The average molecular weight is 281 g/mol. The molecule has 21 heavy (non-hydrogen) atoms. The molecule has 110 valence electrons. The molecule has 2 unspecified atom stereocenters. The molecule has 0 amide bonds. The maximum absolute atomic E-state index is 12.6. The van der Waals surface area contributed by atoms with E-state index >= 15 is 0 Å². The van der Waals surface area contributed by atoms with Crippen molar-refractivity contribution in [2.45, 2.75) is 32.7 Å². The second-order valence-corrected chi connectivity index (χ2v) is 5.54. The van der Waals surface area contributed by atoms with E-state index in [1.165, 1.54) is 5.56 Å². The summed E-state index contributed by atoms with van der Waals surface area (Å²) >= 11 is 0. The summed E-state index contributed by atoms with van der Waals surface area (Å²) in [6.07, 6.45) is 2.08. The van der Waals surface area contributed by atoms with Crippen molar-refractivity contribution in [1.29, 1.82) is 0 Å². The number of nitrogens with two attached hydrogens (primary N) is 1. The molecule has 2 nitrogen and oxygen atoms in total. The molecule has 0 fully saturated rings. The summed E-state index contributed by atoms with van der Waals surface area (Å²) in [7, 11) is 0. The summed E-state index contributed by atoms with van der Waals surface area (Å²) in [5.41, 5.74) is 9.23. The van der Waals surface area contributed by atoms with Gasteiger partial charge in [-0.05, 0) is 23.6 Å². The zero-order chi connectivity index (χ0) is 15.2. The van der Waals surface area contributed by atoms with Gasteiger partial charge in [-0.15, -0.1) is 0 Å². The number of hydrogen-bond acceptors (Lipinski definition) is 2. The zero-order valence-electron chi connectivity index (χ0n) is 12.8. The van der Waals surface area contributed by atoms with Gasteiger partial charge in [0.2, 0.25) is 0 Å². The van der Waals surface area contributed by atoms with Crippen molar-refractivity contribution >= 4 is 5.78 Å². The first-order valence-corrected chi connectivity index (χ1v) is 7.57. The van der Waals surface area contributed by atoms with Crippen LogP contribution in [0.5, 0.6) is 0 Å². The summed E-state index contributed by atoms with van der Waals surface area (Å²) in [4.78, 5) is 12.6. The smallest absolute Gasteiger partial charge is 0.167 e. The normalized spacial score (nSPS) is 13.7. The number of carbonyl (C=O) groups excluding carboxylic acids is 1. The minimum atomic E-state index is -0.270. The van der Waals surface area contributed by atoms with Gasteiger partial charge in [-0.1, -0.05) is 68.8 Å². The van der Waals surface area contributed by atoms with Gasteiger partial charge in [0.1, 0.15) is 0 Å². The quantitative estimate of drug-likeness (QED) is 0.808. The van der Waals surface area contributed by atoms with Gasteiger partial charge in [0, 0.05) is 17.5 Å². The van der Waals surface area contributed by atoms with Crippen LogP contribution in [0.15, 0.2) is 54.6 Å². The maximum Gasteiger partial charge on any atom is 0.167 e. The molecule has 0 heterocycles. The van der Waals surface area contributed by atoms with Gasteiger partial charge in [-0.3, -0.25) is 4.79 Å². The molecule has 2 rings (SSSR count). The molecule has 0 bridgehead atoms. The van der Waals surface area contributed by atoms with Crippen LogP contribution in [0.3, 0.4) is 0 Å². The minimum absolute atomic E-state index is 0.115. The van der Waals surface area contributed by atoms with Crippen LogP contribution in [-0.2, 0) is 6.42 Å². The Labute approximate surface area is 127 Å². The number of benzene rings is 2. The van der Waals surface area contributed by atoms with Crippen LogP contribution < -0.4 is 5.73 Å². The van der Waals surface area contributed by atoms with Gasteiger partial charge >= 0.3 is 0 Å². The molecule has 2 N–H and O–H groups in total. The molecule has 2 aromatic rings. The van der Waals surface area contributed by atoms with Gasteiger partial charge in [0.25, 0.3) is 0 Å². The first kappa shape index (κ1) is 15.5. The van der Waals surface area contributed by atoms with E-state index in [1.807, 2.05) is 55.5 Å². The summed E-state index contributed by atoms with van der Waals surface area (Å²) in [5.74, 6) is -0.117. The molecule has 0 aliphatic heterocycles. The Bertz CT molecular complexity index is 592. The number of aryl methyl sites for hydroxylation is 1. The molecular weight excluding hydrogens is 258 g/mol. The van der Waals surface area contributed by atoms with E-state index < -0.39 is 0 Å². The Kier molecular flexibility index (Phi) is 5.29. The molecule has 0 aromatic heterocycles. The van der Waals surface area contributed by atoms with E-state index in [0.29, 0.717) is 0 Å². The third-order valence-corrected chi connectivity index (χ3v) is 3.89. The standard InChI is InChI=1S/C19H23NO/c1-3-8-15-9-7-12-17(13-15)19(21)14(2)18(20)16-10-5-4-6-11-16/h4-7,9-14,18H,3,8,20H2,1-2H3. The Hall–Kier alpha value is -1.93. The fourth-order valence-corrected chi connectivity index (χ4v) is 2.56. The molecule has 2 aromatic carbocycles. The SMILES string of the molecule is CCCc1cccc(C(=O)C(C)C(N)c2ccccc2)c1. The molecule has 0 spiro atoms. The first-order chi connectivity index (χ1) is 10.1. The van der Waals surface area contributed by atoms with Crippen LogP contribution >= 0.6 is 0 Å². The minimum Gasteiger partial charge on any atom is -0.323 e. The number of rotatable bonds is 6. The van der Waals surface area contributed by atoms with E-state index in [2.05, 4.69) is 13.0 Å². The molecular formula is C19H23NO. The second-order valence-electron chi connectivity index (χ2n) is 5.54. The van der Waals surface area contributed by atoms with Crippen molar-refractivity contribution in [3.8, 4) is 0 Å². The highest BCUT2D eigenvalue weighted by Gasteiger charge is 2.23. The Morgan fingerprint density at radius 2 is 1.81 bits per heavy atom. The predicted octanol–water partition coefficient (Wildman–Crippen LogP) is 4.16. The topological polar surface area (TPSA) is 43.1 Å². The fourth-order valence-electron chi connectivity index (χ4n) is 2.56. The third-order valence-electron chi connectivity index (χ3n) is 3.89. The highest BCUT2D eigenvalue weighted by molar-refractivity contribution is 5.98. The maximum atomic E-state index is 12.6. The lowest BCUT2D eigenvalue weighted by molar-refractivity contribution is 0.0912. The number of carbonyl (C=O) groups is 1. The third kappa shape index (κ3) is 3.79. The molecule has 0 radical (unpaired) electrons. The van der Waals surface area contributed by atoms with Crippen LogP contribution in [0.25, 0.3) is 0 Å². The van der Waals surface area contributed by atoms with Gasteiger partial charge < -0.3 is 5.73 Å². The number of Topliss-reactive ketones (excluding diaryl/α,β-unsaturated/α-hetero) is 1. The molecule has 2 heteroatoms. The van der Waals surface area contributed by atoms with Crippen LogP contribution in [0, 0.1) is 5.92 Å². The van der Waals surface area contributed by atoms with Gasteiger partial charge in [-0.25, -0.2) is 0 Å². The van der Waals surface area contributed by atoms with E-state index in [4.69, 9.17) is 5.73 Å². The van der Waals surface area contributed by atoms with Crippen molar-refractivity contribution in [1.82, 2.24) is 0 Å². The first-order valence-electron chi connectivity index (χ1n) is 7.57. The fraction of sp³-hybridized carbons (Fsp3) is 0.316. The van der Waals surface area contributed by atoms with Crippen molar-refractivity contribution in [2.75, 3.05) is 0 Å². The van der Waals surface area contributed by atoms with Crippen molar-refractivity contribution < 1.29 is 4.79 Å². The largest absolute Gasteiger partial charge is 0.323 e. The van der Waals surface area contributed by atoms with Crippen molar-refractivity contribution in [2.24, 2.45) is 11.7 Å². The van der Waals surface area contributed by atoms with E-state index in [9.17, 15) is 4.79 Å². The summed E-state index contributed by atoms with van der Waals surface area (Å²) in [6, 6.07) is 17.5. The molecule has 0 aliphatic rings. The molecule has 0 aliphatic carbocycles. The lowest BCUT2D eigenvalue weighted by Crippen LogP contribution is -2.26. The predicted molar refractivity (Wildman–Crippen MR) is 87.3 cm³/mol. The van der Waals surface area contributed by atoms with E-state index in [0.717, 1.165) is 24.0 Å². The average Bonchev–Trinajstić information content (AvgIpc) is 2.54. The highest BCUT2D eigenvalue weighted by Crippen LogP contribution is 2.23. The second kappa shape index (κ2) is 7.19. The number of hydrogen-bond donors (Lipinski definition) is 1. The van der Waals surface area contributed by atoms with Crippen molar-refractivity contribution in [3.05, 3.63) is 71.3 Å². The van der Waals surface area contributed by atoms with E-state index in [-0.39, 0.29) is 17.7 Å². The monoisotopic (exact) mass is 281 g/mol. The van der Waals surface area contributed by atoms with Crippen molar-refractivity contribution in [3.63, 3.8) is 0 Å². The van der Waals surface area contributed by atoms with Crippen LogP contribution in [-0.4, -0.2) is 5.78 Å². The molecule has 0 saturated heterocycles. The Morgan fingerprint density at radius 3 is 2.48 bits per heavy atom. The van der Waals surface area contributed by atoms with E-state index in [1.54, 1.807) is 0 Å².